The number of nitrogens with one attached hydrogen (secondary N) is 2. The summed E-state index contributed by atoms with van der Waals surface area (Å²) in [5, 5.41) is 14.9. The average Bonchev–Trinajstić information content (AvgIpc) is 3.19. The van der Waals surface area contributed by atoms with Gasteiger partial charge >= 0.3 is 12.1 Å². The van der Waals surface area contributed by atoms with E-state index in [1.54, 1.807) is 0 Å². The van der Waals surface area contributed by atoms with E-state index in [1.807, 2.05) is 36.4 Å². The van der Waals surface area contributed by atoms with Crippen molar-refractivity contribution in [3.05, 3.63) is 59.7 Å². The second-order valence-corrected chi connectivity index (χ2v) is 8.75. The molecule has 1 unspecified atom stereocenters. The normalized spacial score (nSPS) is 17.1. The maximum Gasteiger partial charge on any atom is 0.407 e. The molecule has 1 atom stereocenters. The van der Waals surface area contributed by atoms with Crippen molar-refractivity contribution in [3.8, 4) is 11.1 Å². The number of hydrogen-bond acceptors (Lipinski definition) is 6. The fraction of sp³-hybridized carbons (Fsp3) is 0.423. The Hall–Kier alpha value is -3.43. The maximum atomic E-state index is 12.7. The molecular formula is C26H30N2O7. The number of benzene rings is 2. The van der Waals surface area contributed by atoms with Gasteiger partial charge in [0.2, 0.25) is 5.91 Å². The summed E-state index contributed by atoms with van der Waals surface area (Å²) < 4.78 is 16.0. The van der Waals surface area contributed by atoms with Gasteiger partial charge in [0.1, 0.15) is 18.2 Å². The van der Waals surface area contributed by atoms with Crippen molar-refractivity contribution in [2.45, 2.75) is 36.8 Å². The zero-order chi connectivity index (χ0) is 24.8. The Morgan fingerprint density at radius 2 is 1.66 bits per heavy atom. The predicted molar refractivity (Wildman–Crippen MR) is 127 cm³/mol. The minimum Gasteiger partial charge on any atom is -0.480 e. The number of ether oxygens (including phenoxy) is 3. The first-order valence-electron chi connectivity index (χ1n) is 11.7. The van der Waals surface area contributed by atoms with Gasteiger partial charge in [0.15, 0.2) is 0 Å². The molecule has 0 bridgehead atoms. The molecule has 9 nitrogen and oxygen atoms in total. The number of alkyl carbamates (subject to hydrolysis) is 1. The fourth-order valence-electron chi connectivity index (χ4n) is 4.74. The Bertz CT molecular complexity index is 1040. The number of carboxylic acids is 1. The molecule has 1 fully saturated rings. The molecule has 186 valence electrons. The van der Waals surface area contributed by atoms with Crippen LogP contribution >= 0.6 is 0 Å². The lowest BCUT2D eigenvalue weighted by Crippen LogP contribution is -2.59. The zero-order valence-corrected chi connectivity index (χ0v) is 19.6. The number of fused-ring (bicyclic) bond motifs is 3. The van der Waals surface area contributed by atoms with Crippen molar-refractivity contribution in [1.82, 2.24) is 10.6 Å². The van der Waals surface area contributed by atoms with Crippen LogP contribution in [0.5, 0.6) is 0 Å². The summed E-state index contributed by atoms with van der Waals surface area (Å²) in [5.74, 6) is -1.68. The molecule has 35 heavy (non-hydrogen) atoms. The highest BCUT2D eigenvalue weighted by Gasteiger charge is 2.42. The average molecular weight is 483 g/mol. The number of rotatable bonds is 9. The van der Waals surface area contributed by atoms with Gasteiger partial charge in [-0.1, -0.05) is 48.5 Å². The van der Waals surface area contributed by atoms with E-state index in [9.17, 15) is 19.5 Å². The smallest absolute Gasteiger partial charge is 0.407 e. The van der Waals surface area contributed by atoms with Crippen LogP contribution in [0.25, 0.3) is 11.1 Å². The van der Waals surface area contributed by atoms with Crippen LogP contribution in [-0.4, -0.2) is 68.2 Å². The minimum absolute atomic E-state index is 0.0441. The molecule has 1 aliphatic heterocycles. The molecule has 2 aromatic rings. The fourth-order valence-corrected chi connectivity index (χ4v) is 4.74. The summed E-state index contributed by atoms with van der Waals surface area (Å²) in [7, 11) is 1.37. The first kappa shape index (κ1) is 24.7. The van der Waals surface area contributed by atoms with Crippen molar-refractivity contribution in [2.24, 2.45) is 0 Å². The van der Waals surface area contributed by atoms with Gasteiger partial charge in [0.25, 0.3) is 0 Å². The Kier molecular flexibility index (Phi) is 7.67. The number of aliphatic carboxylic acids is 1. The van der Waals surface area contributed by atoms with Gasteiger partial charge in [-0.3, -0.25) is 4.79 Å². The van der Waals surface area contributed by atoms with E-state index in [1.165, 1.54) is 7.11 Å². The number of methoxy groups -OCH3 is 1. The lowest BCUT2D eigenvalue weighted by molar-refractivity contribution is -0.154. The third kappa shape index (κ3) is 5.31. The highest BCUT2D eigenvalue weighted by molar-refractivity contribution is 5.89. The Labute approximate surface area is 203 Å². The first-order valence-corrected chi connectivity index (χ1v) is 11.7. The van der Waals surface area contributed by atoms with Crippen molar-refractivity contribution >= 4 is 18.0 Å². The number of carboxylic acid groups (broad SMARTS) is 1. The van der Waals surface area contributed by atoms with Gasteiger partial charge in [-0.05, 0) is 22.3 Å². The highest BCUT2D eigenvalue weighted by atomic mass is 16.5. The van der Waals surface area contributed by atoms with Gasteiger partial charge in [-0.15, -0.1) is 0 Å². The third-order valence-electron chi connectivity index (χ3n) is 6.71. The van der Waals surface area contributed by atoms with Crippen LogP contribution in [0.2, 0.25) is 0 Å². The van der Waals surface area contributed by atoms with Crippen LogP contribution in [0.3, 0.4) is 0 Å². The van der Waals surface area contributed by atoms with E-state index in [-0.39, 0.29) is 51.5 Å². The van der Waals surface area contributed by atoms with Crippen LogP contribution in [-0.2, 0) is 23.8 Å². The van der Waals surface area contributed by atoms with Crippen molar-refractivity contribution in [1.29, 1.82) is 0 Å². The van der Waals surface area contributed by atoms with Crippen molar-refractivity contribution in [2.75, 3.05) is 33.5 Å². The molecule has 1 aliphatic carbocycles. The van der Waals surface area contributed by atoms with Gasteiger partial charge in [0.05, 0.1) is 0 Å². The summed E-state index contributed by atoms with van der Waals surface area (Å²) in [6.07, 6.45) is -0.972. The number of carbonyl (C=O) groups excluding carboxylic acids is 2. The maximum absolute atomic E-state index is 12.7. The van der Waals surface area contributed by atoms with E-state index < -0.39 is 29.6 Å². The van der Waals surface area contributed by atoms with Crippen LogP contribution in [0.15, 0.2) is 48.5 Å². The van der Waals surface area contributed by atoms with Gasteiger partial charge < -0.3 is 30.0 Å². The second-order valence-electron chi connectivity index (χ2n) is 8.75. The molecule has 2 aromatic carbocycles. The van der Waals surface area contributed by atoms with Crippen LogP contribution in [0.1, 0.15) is 36.3 Å². The van der Waals surface area contributed by atoms with Gasteiger partial charge in [-0.25, -0.2) is 9.59 Å². The van der Waals surface area contributed by atoms with Crippen molar-refractivity contribution < 1.29 is 33.7 Å². The van der Waals surface area contributed by atoms with E-state index in [4.69, 9.17) is 14.2 Å². The third-order valence-corrected chi connectivity index (χ3v) is 6.71. The monoisotopic (exact) mass is 482 g/mol. The van der Waals surface area contributed by atoms with Gasteiger partial charge in [0, 0.05) is 52.0 Å². The highest BCUT2D eigenvalue weighted by Crippen LogP contribution is 2.44. The topological polar surface area (TPSA) is 123 Å². The predicted octanol–water partition coefficient (Wildman–Crippen LogP) is 2.68. The number of hydrogen-bond donors (Lipinski definition) is 3. The lowest BCUT2D eigenvalue weighted by Gasteiger charge is -2.34. The largest absolute Gasteiger partial charge is 0.480 e. The molecule has 0 spiro atoms. The Morgan fingerprint density at radius 3 is 2.23 bits per heavy atom. The molecule has 9 heteroatoms. The quantitative estimate of drug-likeness (QED) is 0.502. The first-order chi connectivity index (χ1) is 16.9. The Morgan fingerprint density at radius 1 is 1.06 bits per heavy atom. The molecule has 1 heterocycles. The van der Waals surface area contributed by atoms with Gasteiger partial charge in [-0.2, -0.15) is 0 Å². The number of carbonyl (C=O) groups is 3. The summed E-state index contributed by atoms with van der Waals surface area (Å²) in [5.41, 5.74) is 3.17. The summed E-state index contributed by atoms with van der Waals surface area (Å²) in [6, 6.07) is 16.2. The summed E-state index contributed by atoms with van der Waals surface area (Å²) >= 11 is 0. The van der Waals surface area contributed by atoms with E-state index >= 15 is 0 Å². The Balaban J connectivity index is 1.27. The molecule has 3 N–H and O–H groups in total. The van der Waals surface area contributed by atoms with E-state index in [0.717, 1.165) is 22.3 Å². The van der Waals surface area contributed by atoms with E-state index in [2.05, 4.69) is 22.8 Å². The standard InChI is InChI=1S/C26H30N2O7/c1-33-22(23(29)28-26(24(30)31)11-14-34-15-12-26)10-13-27-25(32)35-16-21-19-8-4-2-6-17(19)18-7-3-5-9-20(18)21/h2-9,21-22H,10-16H2,1H3,(H,27,32)(H,28,29)(H,30,31). The molecule has 4 rings (SSSR count). The SMILES string of the molecule is COC(CCNC(=O)OCC1c2ccccc2-c2ccccc21)C(=O)NC1(C(=O)O)CCOCC1. The zero-order valence-electron chi connectivity index (χ0n) is 19.6. The van der Waals surface area contributed by atoms with E-state index in [0.29, 0.717) is 0 Å². The van der Waals surface area contributed by atoms with Crippen LogP contribution in [0, 0.1) is 0 Å². The summed E-state index contributed by atoms with van der Waals surface area (Å²) in [4.78, 5) is 36.8. The molecule has 2 aliphatic rings. The van der Waals surface area contributed by atoms with Crippen LogP contribution < -0.4 is 10.6 Å². The molecule has 1 saturated heterocycles. The molecular weight excluding hydrogens is 452 g/mol. The lowest BCUT2D eigenvalue weighted by atomic mass is 9.89. The van der Waals surface area contributed by atoms with Crippen molar-refractivity contribution in [3.63, 3.8) is 0 Å². The molecule has 0 saturated carbocycles. The molecule has 0 aromatic heterocycles. The van der Waals surface area contributed by atoms with Crippen LogP contribution in [0.4, 0.5) is 4.79 Å². The molecule has 2 amide bonds. The summed E-state index contributed by atoms with van der Waals surface area (Å²) in [6.45, 7) is 0.837. The molecule has 0 radical (unpaired) electrons. The number of amides is 2. The minimum atomic E-state index is -1.37. The second kappa shape index (κ2) is 10.9.